The van der Waals surface area contributed by atoms with Crippen LogP contribution in [0.2, 0.25) is 5.02 Å². The summed E-state index contributed by atoms with van der Waals surface area (Å²) in [6.45, 7) is 1.41. The lowest BCUT2D eigenvalue weighted by Gasteiger charge is -2.21. The van der Waals surface area contributed by atoms with Crippen LogP contribution >= 0.6 is 23.4 Å². The van der Waals surface area contributed by atoms with E-state index in [1.807, 2.05) is 59.1 Å². The largest absolute Gasteiger partial charge is 0.495 e. The minimum absolute atomic E-state index is 0.0927. The smallest absolute Gasteiger partial charge is 0.321 e. The van der Waals surface area contributed by atoms with Gasteiger partial charge in [0.2, 0.25) is 0 Å². The fourth-order valence-corrected chi connectivity index (χ4v) is 4.50. The molecular weight excluding hydrogens is 356 g/mol. The standard InChI is InChI=1S/C19H21ClN2O2S/c1-24-17-9-5-4-8-16(17)21-19(23)22-11-10-18(25-13-12-22)14-6-2-3-7-15(14)20/h2-9,18H,10-13H2,1H3,(H,21,23). The number of methoxy groups -OCH3 is 1. The van der Waals surface area contributed by atoms with E-state index in [1.165, 1.54) is 0 Å². The Morgan fingerprint density at radius 3 is 2.76 bits per heavy atom. The Balaban J connectivity index is 1.65. The first kappa shape index (κ1) is 18.0. The van der Waals surface area contributed by atoms with Crippen LogP contribution < -0.4 is 10.1 Å². The van der Waals surface area contributed by atoms with Gasteiger partial charge in [-0.25, -0.2) is 4.79 Å². The van der Waals surface area contributed by atoms with Gasteiger partial charge in [0.1, 0.15) is 5.75 Å². The molecule has 2 amide bonds. The summed E-state index contributed by atoms with van der Waals surface area (Å²) in [5.74, 6) is 1.55. The Kier molecular flexibility index (Phi) is 6.10. The molecule has 0 aliphatic carbocycles. The Bertz CT molecular complexity index is 741. The number of carbonyl (C=O) groups is 1. The van der Waals surface area contributed by atoms with Crippen LogP contribution in [0.5, 0.6) is 5.75 Å². The average Bonchev–Trinajstić information content (AvgIpc) is 2.89. The Hall–Kier alpha value is -1.85. The van der Waals surface area contributed by atoms with Gasteiger partial charge in [0.15, 0.2) is 0 Å². The molecule has 0 saturated carbocycles. The molecule has 1 aliphatic heterocycles. The summed E-state index contributed by atoms with van der Waals surface area (Å²) in [4.78, 5) is 14.5. The van der Waals surface area contributed by atoms with Gasteiger partial charge in [-0.3, -0.25) is 0 Å². The summed E-state index contributed by atoms with van der Waals surface area (Å²) in [6, 6.07) is 15.3. The summed E-state index contributed by atoms with van der Waals surface area (Å²) >= 11 is 8.19. The molecule has 4 nitrogen and oxygen atoms in total. The third-order valence-electron chi connectivity index (χ3n) is 4.23. The van der Waals surface area contributed by atoms with Gasteiger partial charge in [0.05, 0.1) is 12.8 Å². The van der Waals surface area contributed by atoms with Crippen molar-refractivity contribution in [1.29, 1.82) is 0 Å². The van der Waals surface area contributed by atoms with Gasteiger partial charge < -0.3 is 15.0 Å². The van der Waals surface area contributed by atoms with Crippen molar-refractivity contribution < 1.29 is 9.53 Å². The van der Waals surface area contributed by atoms with Crippen LogP contribution in [0.25, 0.3) is 0 Å². The summed E-state index contributed by atoms with van der Waals surface area (Å²) in [5.41, 5.74) is 1.84. The van der Waals surface area contributed by atoms with Crippen molar-refractivity contribution in [2.75, 3.05) is 31.3 Å². The fraction of sp³-hybridized carbons (Fsp3) is 0.316. The molecule has 6 heteroatoms. The molecule has 1 atom stereocenters. The normalized spacial score (nSPS) is 17.7. The molecule has 1 unspecified atom stereocenters. The minimum atomic E-state index is -0.0927. The highest BCUT2D eigenvalue weighted by atomic mass is 35.5. The van der Waals surface area contributed by atoms with Crippen LogP contribution in [0.4, 0.5) is 10.5 Å². The molecule has 0 radical (unpaired) electrons. The highest BCUT2D eigenvalue weighted by Gasteiger charge is 2.23. The van der Waals surface area contributed by atoms with E-state index < -0.39 is 0 Å². The maximum absolute atomic E-state index is 12.6. The van der Waals surface area contributed by atoms with Crippen LogP contribution in [0, 0.1) is 0 Å². The van der Waals surface area contributed by atoms with E-state index in [9.17, 15) is 4.79 Å². The second-order valence-electron chi connectivity index (χ2n) is 5.79. The molecule has 1 saturated heterocycles. The molecular formula is C19H21ClN2O2S. The number of hydrogen-bond acceptors (Lipinski definition) is 3. The molecule has 2 aromatic carbocycles. The molecule has 3 rings (SSSR count). The van der Waals surface area contributed by atoms with Gasteiger partial charge in [-0.15, -0.1) is 0 Å². The number of anilines is 1. The zero-order chi connectivity index (χ0) is 17.6. The van der Waals surface area contributed by atoms with E-state index in [0.717, 1.165) is 22.8 Å². The van der Waals surface area contributed by atoms with Crippen molar-refractivity contribution in [2.24, 2.45) is 0 Å². The lowest BCUT2D eigenvalue weighted by Crippen LogP contribution is -2.36. The molecule has 25 heavy (non-hydrogen) atoms. The molecule has 2 aromatic rings. The van der Waals surface area contributed by atoms with Gasteiger partial charge in [-0.1, -0.05) is 41.9 Å². The molecule has 1 N–H and O–H groups in total. The van der Waals surface area contributed by atoms with Gasteiger partial charge in [-0.2, -0.15) is 11.8 Å². The molecule has 0 bridgehead atoms. The number of benzene rings is 2. The zero-order valence-electron chi connectivity index (χ0n) is 14.1. The van der Waals surface area contributed by atoms with E-state index in [4.69, 9.17) is 16.3 Å². The summed E-state index contributed by atoms with van der Waals surface area (Å²) < 4.78 is 5.29. The number of nitrogens with one attached hydrogen (secondary N) is 1. The Morgan fingerprint density at radius 2 is 1.96 bits per heavy atom. The number of rotatable bonds is 3. The van der Waals surface area contributed by atoms with Crippen LogP contribution in [0.3, 0.4) is 0 Å². The van der Waals surface area contributed by atoms with Crippen molar-refractivity contribution in [3.8, 4) is 5.75 Å². The van der Waals surface area contributed by atoms with E-state index in [1.54, 1.807) is 7.11 Å². The van der Waals surface area contributed by atoms with Crippen molar-refractivity contribution in [1.82, 2.24) is 4.90 Å². The number of carbonyl (C=O) groups excluding carboxylic acids is 1. The van der Waals surface area contributed by atoms with E-state index in [2.05, 4.69) is 11.4 Å². The van der Waals surface area contributed by atoms with Gasteiger partial charge >= 0.3 is 6.03 Å². The van der Waals surface area contributed by atoms with E-state index >= 15 is 0 Å². The third-order valence-corrected chi connectivity index (χ3v) is 5.88. The first-order chi connectivity index (χ1) is 12.2. The first-order valence-corrected chi connectivity index (χ1v) is 9.66. The number of hydrogen-bond donors (Lipinski definition) is 1. The zero-order valence-corrected chi connectivity index (χ0v) is 15.6. The van der Waals surface area contributed by atoms with Crippen LogP contribution in [0.1, 0.15) is 17.2 Å². The molecule has 132 valence electrons. The predicted molar refractivity (Wildman–Crippen MR) is 105 cm³/mol. The highest BCUT2D eigenvalue weighted by molar-refractivity contribution is 7.99. The minimum Gasteiger partial charge on any atom is -0.495 e. The van der Waals surface area contributed by atoms with Crippen LogP contribution in [-0.4, -0.2) is 36.9 Å². The number of para-hydroxylation sites is 2. The quantitative estimate of drug-likeness (QED) is 0.813. The fourth-order valence-electron chi connectivity index (χ4n) is 2.90. The summed E-state index contributed by atoms with van der Waals surface area (Å²) in [6.07, 6.45) is 0.883. The number of ether oxygens (including phenoxy) is 1. The van der Waals surface area contributed by atoms with Gasteiger partial charge in [0, 0.05) is 29.1 Å². The van der Waals surface area contributed by atoms with Crippen molar-refractivity contribution in [3.63, 3.8) is 0 Å². The Labute approximate surface area is 157 Å². The Morgan fingerprint density at radius 1 is 1.20 bits per heavy atom. The number of amides is 2. The molecule has 1 heterocycles. The lowest BCUT2D eigenvalue weighted by molar-refractivity contribution is 0.215. The van der Waals surface area contributed by atoms with Gasteiger partial charge in [-0.05, 0) is 30.2 Å². The average molecular weight is 377 g/mol. The molecule has 1 fully saturated rings. The third kappa shape index (κ3) is 4.41. The monoisotopic (exact) mass is 376 g/mol. The van der Waals surface area contributed by atoms with Crippen molar-refractivity contribution in [2.45, 2.75) is 11.7 Å². The number of nitrogens with zero attached hydrogens (tertiary/aromatic N) is 1. The van der Waals surface area contributed by atoms with E-state index in [0.29, 0.717) is 29.8 Å². The van der Waals surface area contributed by atoms with Gasteiger partial charge in [0.25, 0.3) is 0 Å². The number of urea groups is 1. The van der Waals surface area contributed by atoms with Crippen molar-refractivity contribution in [3.05, 3.63) is 59.1 Å². The molecule has 1 aliphatic rings. The number of thioether (sulfide) groups is 1. The molecule has 0 aromatic heterocycles. The first-order valence-electron chi connectivity index (χ1n) is 8.24. The highest BCUT2D eigenvalue weighted by Crippen LogP contribution is 2.37. The second-order valence-corrected chi connectivity index (χ2v) is 7.50. The second kappa shape index (κ2) is 8.50. The summed E-state index contributed by atoms with van der Waals surface area (Å²) in [5, 5.41) is 4.07. The maximum atomic E-state index is 12.6. The lowest BCUT2D eigenvalue weighted by atomic mass is 10.1. The van der Waals surface area contributed by atoms with Crippen LogP contribution in [-0.2, 0) is 0 Å². The number of halogens is 1. The summed E-state index contributed by atoms with van der Waals surface area (Å²) in [7, 11) is 1.60. The SMILES string of the molecule is COc1ccccc1NC(=O)N1CCSC(c2ccccc2Cl)CC1. The topological polar surface area (TPSA) is 41.6 Å². The maximum Gasteiger partial charge on any atom is 0.321 e. The van der Waals surface area contributed by atoms with E-state index in [-0.39, 0.29) is 6.03 Å². The molecule has 0 spiro atoms. The predicted octanol–water partition coefficient (Wildman–Crippen LogP) is 5.06. The van der Waals surface area contributed by atoms with Crippen molar-refractivity contribution >= 4 is 35.1 Å². The van der Waals surface area contributed by atoms with Crippen LogP contribution in [0.15, 0.2) is 48.5 Å².